The molecule has 3 rings (SSSR count). The Bertz CT molecular complexity index is 786. The second-order valence-electron chi connectivity index (χ2n) is 7.39. The maximum Gasteiger partial charge on any atom is 0.221 e. The summed E-state index contributed by atoms with van der Waals surface area (Å²) in [4.78, 5) is 13.6. The number of aliphatic hydroxyl groups excluding tert-OH is 1. The van der Waals surface area contributed by atoms with Crippen LogP contribution in [-0.2, 0) is 11.2 Å². The van der Waals surface area contributed by atoms with Crippen molar-refractivity contribution in [2.45, 2.75) is 25.9 Å². The molecule has 2 aromatic carbocycles. The van der Waals surface area contributed by atoms with E-state index in [1.165, 1.54) is 12.5 Å². The van der Waals surface area contributed by atoms with E-state index in [-0.39, 0.29) is 24.9 Å². The van der Waals surface area contributed by atoms with Crippen LogP contribution in [0.4, 0.5) is 5.69 Å². The summed E-state index contributed by atoms with van der Waals surface area (Å²) in [6.45, 7) is 4.19. The van der Waals surface area contributed by atoms with Gasteiger partial charge in [0.1, 0.15) is 18.5 Å². The van der Waals surface area contributed by atoms with Gasteiger partial charge in [0.15, 0.2) is 0 Å². The number of aliphatic hydroxyl groups is 1. The molecule has 29 heavy (non-hydrogen) atoms. The Hall–Kier alpha value is -1.79. The van der Waals surface area contributed by atoms with Crippen molar-refractivity contribution < 1.29 is 14.6 Å². The van der Waals surface area contributed by atoms with Gasteiger partial charge in [0, 0.05) is 25.0 Å². The number of amides is 1. The minimum Gasteiger partial charge on any atom is -0.489 e. The van der Waals surface area contributed by atoms with Gasteiger partial charge >= 0.3 is 0 Å². The maximum absolute atomic E-state index is 11.3. The third-order valence-corrected chi connectivity index (χ3v) is 5.16. The molecular formula is C22H28Cl2N2O3. The fourth-order valence-electron chi connectivity index (χ4n) is 3.62. The lowest BCUT2D eigenvalue weighted by atomic mass is 9.99. The van der Waals surface area contributed by atoms with Gasteiger partial charge in [-0.05, 0) is 55.1 Å². The van der Waals surface area contributed by atoms with Crippen LogP contribution in [0.2, 0.25) is 5.02 Å². The summed E-state index contributed by atoms with van der Waals surface area (Å²) in [6, 6.07) is 15.3. The summed E-state index contributed by atoms with van der Waals surface area (Å²) in [5, 5.41) is 13.9. The van der Waals surface area contributed by atoms with Crippen molar-refractivity contribution in [2.24, 2.45) is 5.92 Å². The first kappa shape index (κ1) is 23.5. The third kappa shape index (κ3) is 7.52. The van der Waals surface area contributed by atoms with Crippen LogP contribution >= 0.6 is 24.0 Å². The molecular weight excluding hydrogens is 411 g/mol. The van der Waals surface area contributed by atoms with Crippen molar-refractivity contribution >= 4 is 35.6 Å². The van der Waals surface area contributed by atoms with Crippen LogP contribution in [0, 0.1) is 5.92 Å². The number of halogens is 2. The number of ether oxygens (including phenoxy) is 1. The van der Waals surface area contributed by atoms with Gasteiger partial charge in [-0.15, -0.1) is 12.4 Å². The zero-order valence-corrected chi connectivity index (χ0v) is 18.1. The molecule has 0 aliphatic carbocycles. The van der Waals surface area contributed by atoms with Gasteiger partial charge in [0.2, 0.25) is 5.91 Å². The first-order valence-corrected chi connectivity index (χ1v) is 10.0. The van der Waals surface area contributed by atoms with Crippen LogP contribution < -0.4 is 10.1 Å². The second-order valence-corrected chi connectivity index (χ2v) is 7.82. The van der Waals surface area contributed by atoms with Crippen LogP contribution in [0.15, 0.2) is 48.5 Å². The van der Waals surface area contributed by atoms with Crippen LogP contribution in [0.5, 0.6) is 5.75 Å². The van der Waals surface area contributed by atoms with Gasteiger partial charge in [-0.25, -0.2) is 0 Å². The van der Waals surface area contributed by atoms with E-state index in [2.05, 4.69) is 22.3 Å². The van der Waals surface area contributed by atoms with Crippen molar-refractivity contribution in [1.29, 1.82) is 0 Å². The fourth-order valence-corrected chi connectivity index (χ4v) is 3.75. The molecule has 0 saturated carbocycles. The number of anilines is 1. The first-order valence-electron chi connectivity index (χ1n) is 9.64. The van der Waals surface area contributed by atoms with Gasteiger partial charge in [-0.3, -0.25) is 4.79 Å². The Labute approximate surface area is 183 Å². The molecule has 0 radical (unpaired) electrons. The lowest BCUT2D eigenvalue weighted by Crippen LogP contribution is -2.34. The highest BCUT2D eigenvalue weighted by molar-refractivity contribution is 6.30. The van der Waals surface area contributed by atoms with Crippen LogP contribution in [0.25, 0.3) is 0 Å². The molecule has 0 aromatic heterocycles. The Kier molecular flexibility index (Phi) is 9.24. The lowest BCUT2D eigenvalue weighted by Gasteiger charge is -2.21. The monoisotopic (exact) mass is 438 g/mol. The van der Waals surface area contributed by atoms with Crippen molar-refractivity contribution in [2.75, 3.05) is 31.6 Å². The first-order chi connectivity index (χ1) is 13.5. The summed E-state index contributed by atoms with van der Waals surface area (Å²) in [6.07, 6.45) is 1.58. The van der Waals surface area contributed by atoms with E-state index in [1.54, 1.807) is 12.1 Å². The number of likely N-dealkylation sites (tertiary alicyclic amines) is 1. The number of nitrogens with zero attached hydrogens (tertiary/aromatic N) is 1. The molecule has 0 spiro atoms. The van der Waals surface area contributed by atoms with E-state index in [9.17, 15) is 9.90 Å². The molecule has 2 atom stereocenters. The molecule has 2 N–H and O–H groups in total. The highest BCUT2D eigenvalue weighted by Crippen LogP contribution is 2.25. The van der Waals surface area contributed by atoms with Gasteiger partial charge in [0.05, 0.1) is 5.69 Å². The SMILES string of the molecule is CC(=O)Nc1ccccc1OC[C@@H](O)CN1CC[C@H](Cc2ccc(Cl)cc2)C1.Cl. The van der Waals surface area contributed by atoms with E-state index >= 15 is 0 Å². The van der Waals surface area contributed by atoms with Gasteiger partial charge in [0.25, 0.3) is 0 Å². The predicted molar refractivity (Wildman–Crippen MR) is 119 cm³/mol. The average Bonchev–Trinajstić information content (AvgIpc) is 3.09. The molecule has 7 heteroatoms. The van der Waals surface area contributed by atoms with E-state index < -0.39 is 6.10 Å². The van der Waals surface area contributed by atoms with E-state index in [4.69, 9.17) is 16.3 Å². The van der Waals surface area contributed by atoms with Crippen molar-refractivity contribution in [3.63, 3.8) is 0 Å². The molecule has 1 aliphatic rings. The van der Waals surface area contributed by atoms with E-state index in [0.717, 1.165) is 31.0 Å². The van der Waals surface area contributed by atoms with Crippen LogP contribution in [0.1, 0.15) is 18.9 Å². The van der Waals surface area contributed by atoms with Crippen molar-refractivity contribution in [3.8, 4) is 5.75 Å². The number of carbonyl (C=O) groups excluding carboxylic acids is 1. The molecule has 1 heterocycles. The normalized spacial score (nSPS) is 17.4. The number of β-amino-alcohol motifs (C(OH)–C–C–N with tert-alkyl or cyclic N) is 1. The summed E-state index contributed by atoms with van der Waals surface area (Å²) in [5.41, 5.74) is 1.92. The molecule has 1 saturated heterocycles. The largest absolute Gasteiger partial charge is 0.489 e. The molecule has 1 amide bonds. The van der Waals surface area contributed by atoms with Gasteiger partial charge in [-0.1, -0.05) is 35.9 Å². The van der Waals surface area contributed by atoms with Gasteiger partial charge < -0.3 is 20.1 Å². The fraction of sp³-hybridized carbons (Fsp3) is 0.409. The maximum atomic E-state index is 11.3. The topological polar surface area (TPSA) is 61.8 Å². The van der Waals surface area contributed by atoms with E-state index in [1.807, 2.05) is 24.3 Å². The smallest absolute Gasteiger partial charge is 0.221 e. The molecule has 2 aromatic rings. The molecule has 1 fully saturated rings. The number of benzene rings is 2. The van der Waals surface area contributed by atoms with Crippen molar-refractivity contribution in [1.82, 2.24) is 4.90 Å². The summed E-state index contributed by atoms with van der Waals surface area (Å²) < 4.78 is 5.74. The van der Waals surface area contributed by atoms with Crippen LogP contribution in [0.3, 0.4) is 0 Å². The number of carbonyl (C=O) groups is 1. The van der Waals surface area contributed by atoms with Crippen molar-refractivity contribution in [3.05, 3.63) is 59.1 Å². The number of para-hydroxylation sites is 2. The standard InChI is InChI=1S/C22H27ClN2O3.ClH/c1-16(26)24-21-4-2-3-5-22(21)28-15-20(27)14-25-11-10-18(13-25)12-17-6-8-19(23)9-7-17;/h2-9,18,20,27H,10-15H2,1H3,(H,24,26);1H/t18-,20+;/m1./s1. The number of hydrogen-bond donors (Lipinski definition) is 2. The van der Waals surface area contributed by atoms with E-state index in [0.29, 0.717) is 23.9 Å². The second kappa shape index (κ2) is 11.4. The Morgan fingerprint density at radius 2 is 2.00 bits per heavy atom. The summed E-state index contributed by atoms with van der Waals surface area (Å²) >= 11 is 5.95. The average molecular weight is 439 g/mol. The molecule has 0 unspecified atom stereocenters. The minimum atomic E-state index is -0.584. The summed E-state index contributed by atoms with van der Waals surface area (Å²) in [5.74, 6) is 1.01. The Morgan fingerprint density at radius 3 is 2.72 bits per heavy atom. The molecule has 158 valence electrons. The highest BCUT2D eigenvalue weighted by Gasteiger charge is 2.24. The molecule has 1 aliphatic heterocycles. The number of rotatable bonds is 8. The third-order valence-electron chi connectivity index (χ3n) is 4.91. The Morgan fingerprint density at radius 1 is 1.28 bits per heavy atom. The highest BCUT2D eigenvalue weighted by atomic mass is 35.5. The molecule has 0 bridgehead atoms. The molecule has 5 nitrogen and oxygen atoms in total. The zero-order valence-electron chi connectivity index (χ0n) is 16.5. The van der Waals surface area contributed by atoms with Crippen LogP contribution in [-0.4, -0.2) is 48.3 Å². The number of hydrogen-bond acceptors (Lipinski definition) is 4. The number of nitrogens with one attached hydrogen (secondary N) is 1. The zero-order chi connectivity index (χ0) is 19.9. The lowest BCUT2D eigenvalue weighted by molar-refractivity contribution is -0.114. The predicted octanol–water partition coefficient (Wildman–Crippen LogP) is 4.02. The minimum absolute atomic E-state index is 0. The summed E-state index contributed by atoms with van der Waals surface area (Å²) in [7, 11) is 0. The Balaban J connectivity index is 0.00000300. The van der Waals surface area contributed by atoms with Gasteiger partial charge in [-0.2, -0.15) is 0 Å². The quantitative estimate of drug-likeness (QED) is 0.652.